The molecule has 0 aromatic rings. The monoisotopic (exact) mass is 183 g/mol. The third-order valence-corrected chi connectivity index (χ3v) is 2.86. The van der Waals surface area contributed by atoms with Gasteiger partial charge in [0.25, 0.3) is 0 Å². The van der Waals surface area contributed by atoms with Gasteiger partial charge in [-0.15, -0.1) is 0 Å². The second kappa shape index (κ2) is 3.48. The molecule has 0 saturated carbocycles. The fraction of sp³-hybridized carbons (Fsp3) is 0.800. The zero-order valence-electron chi connectivity index (χ0n) is 8.59. The molecule has 3 nitrogen and oxygen atoms in total. The fourth-order valence-corrected chi connectivity index (χ4v) is 1.54. The lowest BCUT2D eigenvalue weighted by Crippen LogP contribution is -2.51. The number of amides is 1. The van der Waals surface area contributed by atoms with Crippen LogP contribution < -0.4 is 0 Å². The fourth-order valence-electron chi connectivity index (χ4n) is 1.54. The Labute approximate surface area is 79.1 Å². The summed E-state index contributed by atoms with van der Waals surface area (Å²) in [4.78, 5) is 24.3. The molecule has 1 amide bonds. The van der Waals surface area contributed by atoms with Crippen molar-refractivity contribution in [2.75, 3.05) is 6.54 Å². The van der Waals surface area contributed by atoms with E-state index in [0.29, 0.717) is 13.0 Å². The number of rotatable bonds is 2. The van der Waals surface area contributed by atoms with Crippen LogP contribution in [0.3, 0.4) is 0 Å². The molecule has 1 aliphatic rings. The van der Waals surface area contributed by atoms with E-state index in [2.05, 4.69) is 6.92 Å². The minimum atomic E-state index is -0.0994. The molecule has 74 valence electrons. The van der Waals surface area contributed by atoms with Crippen LogP contribution in [0, 0.1) is 0 Å². The Balaban J connectivity index is 2.71. The number of piperidine rings is 1. The Morgan fingerprint density at radius 1 is 1.38 bits per heavy atom. The van der Waals surface area contributed by atoms with E-state index in [0.717, 1.165) is 6.42 Å². The van der Waals surface area contributed by atoms with Crippen molar-refractivity contribution in [2.24, 2.45) is 0 Å². The predicted octanol–water partition coefficient (Wildman–Crippen LogP) is 1.37. The van der Waals surface area contributed by atoms with Crippen molar-refractivity contribution in [1.29, 1.82) is 0 Å². The lowest BCUT2D eigenvalue weighted by Gasteiger charge is -2.40. The summed E-state index contributed by atoms with van der Waals surface area (Å²) in [5, 5.41) is 0. The van der Waals surface area contributed by atoms with Gasteiger partial charge in [0.15, 0.2) is 0 Å². The molecule has 0 aromatic carbocycles. The molecule has 0 aliphatic carbocycles. The maximum Gasteiger partial charge on any atom is 0.230 e. The highest BCUT2D eigenvalue weighted by atomic mass is 16.2. The van der Waals surface area contributed by atoms with Gasteiger partial charge in [-0.1, -0.05) is 6.92 Å². The summed E-state index contributed by atoms with van der Waals surface area (Å²) in [5.74, 6) is 0.0660. The second-order valence-corrected chi connectivity index (χ2v) is 4.18. The summed E-state index contributed by atoms with van der Waals surface area (Å²) in [6, 6.07) is 0. The zero-order valence-corrected chi connectivity index (χ0v) is 8.59. The molecule has 1 rings (SSSR count). The van der Waals surface area contributed by atoms with Gasteiger partial charge in [-0.3, -0.25) is 9.59 Å². The molecule has 13 heavy (non-hydrogen) atoms. The lowest BCUT2D eigenvalue weighted by molar-refractivity contribution is -0.144. The first-order valence-corrected chi connectivity index (χ1v) is 4.79. The summed E-state index contributed by atoms with van der Waals surface area (Å²) in [6.45, 7) is 6.74. The summed E-state index contributed by atoms with van der Waals surface area (Å²) in [5.41, 5.74) is -0.0994. The van der Waals surface area contributed by atoms with E-state index in [1.807, 2.05) is 18.7 Å². The smallest absolute Gasteiger partial charge is 0.230 e. The third kappa shape index (κ3) is 2.08. The van der Waals surface area contributed by atoms with Crippen LogP contribution in [0.2, 0.25) is 0 Å². The van der Waals surface area contributed by atoms with Crippen molar-refractivity contribution in [3.05, 3.63) is 0 Å². The zero-order chi connectivity index (χ0) is 10.1. The predicted molar refractivity (Wildman–Crippen MR) is 50.3 cm³/mol. The average molecular weight is 183 g/mol. The van der Waals surface area contributed by atoms with E-state index in [1.54, 1.807) is 0 Å². The van der Waals surface area contributed by atoms with Crippen molar-refractivity contribution in [1.82, 2.24) is 4.90 Å². The summed E-state index contributed by atoms with van der Waals surface area (Å²) >= 11 is 0. The Morgan fingerprint density at radius 3 is 2.46 bits per heavy atom. The van der Waals surface area contributed by atoms with Crippen molar-refractivity contribution in [3.8, 4) is 0 Å². The maximum atomic E-state index is 11.5. The SMILES string of the molecule is CCC(C)(C)N1CCC(=O)CC1=O. The van der Waals surface area contributed by atoms with Gasteiger partial charge < -0.3 is 4.90 Å². The first-order valence-electron chi connectivity index (χ1n) is 4.79. The number of nitrogens with zero attached hydrogens (tertiary/aromatic N) is 1. The minimum absolute atomic E-state index is 0.0110. The van der Waals surface area contributed by atoms with Gasteiger partial charge in [0.2, 0.25) is 5.91 Å². The minimum Gasteiger partial charge on any atom is -0.337 e. The van der Waals surface area contributed by atoms with Crippen molar-refractivity contribution in [2.45, 2.75) is 45.6 Å². The summed E-state index contributed by atoms with van der Waals surface area (Å²) in [7, 11) is 0. The van der Waals surface area contributed by atoms with E-state index in [9.17, 15) is 9.59 Å². The molecule has 1 saturated heterocycles. The first kappa shape index (κ1) is 10.2. The average Bonchev–Trinajstić information content (AvgIpc) is 2.03. The van der Waals surface area contributed by atoms with E-state index < -0.39 is 0 Å². The highest BCUT2D eigenvalue weighted by Gasteiger charge is 2.33. The molecule has 3 heteroatoms. The van der Waals surface area contributed by atoms with Crippen LogP contribution in [0.15, 0.2) is 0 Å². The molecular formula is C10H17NO2. The molecule has 0 unspecified atom stereocenters. The van der Waals surface area contributed by atoms with Crippen LogP contribution in [-0.4, -0.2) is 28.7 Å². The van der Waals surface area contributed by atoms with Gasteiger partial charge in [-0.25, -0.2) is 0 Å². The molecule has 0 spiro atoms. The molecule has 1 aliphatic heterocycles. The van der Waals surface area contributed by atoms with Crippen molar-refractivity contribution >= 4 is 11.7 Å². The molecule has 0 aromatic heterocycles. The Bertz CT molecular complexity index is 233. The first-order chi connectivity index (χ1) is 5.97. The standard InChI is InChI=1S/C10H17NO2/c1-4-10(2,3)11-6-5-8(12)7-9(11)13/h4-7H2,1-3H3. The molecule has 0 radical (unpaired) electrons. The van der Waals surface area contributed by atoms with Gasteiger partial charge in [-0.2, -0.15) is 0 Å². The van der Waals surface area contributed by atoms with E-state index >= 15 is 0 Å². The molecule has 1 fully saturated rings. The van der Waals surface area contributed by atoms with Crippen molar-refractivity contribution < 1.29 is 9.59 Å². The number of hydrogen-bond acceptors (Lipinski definition) is 2. The number of hydrogen-bond donors (Lipinski definition) is 0. The number of likely N-dealkylation sites (tertiary alicyclic amines) is 1. The van der Waals surface area contributed by atoms with Crippen LogP contribution in [0.25, 0.3) is 0 Å². The maximum absolute atomic E-state index is 11.5. The number of carbonyl (C=O) groups excluding carboxylic acids is 2. The van der Waals surface area contributed by atoms with Gasteiger partial charge in [-0.05, 0) is 20.3 Å². The highest BCUT2D eigenvalue weighted by molar-refractivity contribution is 6.00. The third-order valence-electron chi connectivity index (χ3n) is 2.86. The van der Waals surface area contributed by atoms with Gasteiger partial charge in [0.05, 0.1) is 6.42 Å². The molecule has 0 atom stereocenters. The molecular weight excluding hydrogens is 166 g/mol. The number of carbonyl (C=O) groups is 2. The van der Waals surface area contributed by atoms with E-state index in [-0.39, 0.29) is 23.7 Å². The lowest BCUT2D eigenvalue weighted by atomic mass is 9.95. The Morgan fingerprint density at radius 2 is 2.00 bits per heavy atom. The van der Waals surface area contributed by atoms with Crippen molar-refractivity contribution in [3.63, 3.8) is 0 Å². The molecule has 1 heterocycles. The molecule has 0 N–H and O–H groups in total. The topological polar surface area (TPSA) is 37.4 Å². The number of ketones is 1. The highest BCUT2D eigenvalue weighted by Crippen LogP contribution is 2.22. The van der Waals surface area contributed by atoms with Gasteiger partial charge in [0, 0.05) is 18.5 Å². The van der Waals surface area contributed by atoms with Gasteiger partial charge in [0.1, 0.15) is 5.78 Å². The summed E-state index contributed by atoms with van der Waals surface area (Å²) in [6.07, 6.45) is 1.55. The van der Waals surface area contributed by atoms with Crippen LogP contribution >= 0.6 is 0 Å². The number of Topliss-reactive ketones (excluding diaryl/α,β-unsaturated/α-hetero) is 1. The molecule has 0 bridgehead atoms. The van der Waals surface area contributed by atoms with E-state index in [1.165, 1.54) is 0 Å². The Hall–Kier alpha value is -0.860. The second-order valence-electron chi connectivity index (χ2n) is 4.18. The van der Waals surface area contributed by atoms with Crippen LogP contribution in [0.4, 0.5) is 0 Å². The van der Waals surface area contributed by atoms with Crippen LogP contribution in [0.5, 0.6) is 0 Å². The van der Waals surface area contributed by atoms with Crippen LogP contribution in [0.1, 0.15) is 40.0 Å². The normalized spacial score (nSPS) is 19.5. The van der Waals surface area contributed by atoms with Crippen LogP contribution in [-0.2, 0) is 9.59 Å². The Kier molecular flexibility index (Phi) is 2.74. The van der Waals surface area contributed by atoms with Gasteiger partial charge >= 0.3 is 0 Å². The largest absolute Gasteiger partial charge is 0.337 e. The quantitative estimate of drug-likeness (QED) is 0.606. The van der Waals surface area contributed by atoms with E-state index in [4.69, 9.17) is 0 Å². The summed E-state index contributed by atoms with van der Waals surface area (Å²) < 4.78 is 0.